The van der Waals surface area contributed by atoms with E-state index in [1.54, 1.807) is 19.1 Å². The van der Waals surface area contributed by atoms with Gasteiger partial charge < -0.3 is 10.4 Å². The predicted molar refractivity (Wildman–Crippen MR) is 96.3 cm³/mol. The van der Waals surface area contributed by atoms with Crippen LogP contribution in [0, 0.1) is 18.7 Å². The molecule has 1 saturated carbocycles. The van der Waals surface area contributed by atoms with Gasteiger partial charge in [0.05, 0.1) is 11.5 Å². The minimum atomic E-state index is -0.228. The molecular weight excluding hydrogens is 317 g/mol. The third-order valence-corrected chi connectivity index (χ3v) is 5.24. The molecule has 0 spiro atoms. The Morgan fingerprint density at radius 1 is 1.20 bits per heavy atom. The Labute approximate surface area is 146 Å². The van der Waals surface area contributed by atoms with Crippen LogP contribution in [-0.4, -0.2) is 15.1 Å². The Bertz CT molecular complexity index is 841. The second kappa shape index (κ2) is 6.47. The molecule has 0 aliphatic heterocycles. The lowest BCUT2D eigenvalue weighted by Crippen LogP contribution is -2.14. The summed E-state index contributed by atoms with van der Waals surface area (Å²) in [6.07, 6.45) is 7.94. The molecule has 1 heterocycles. The SMILES string of the molecule is Cc1cc(Nc2ncc3c(n2)C(C2CCCC2)=C(O)CC3)ccc1F. The third kappa shape index (κ3) is 3.11. The van der Waals surface area contributed by atoms with Gasteiger partial charge in [-0.25, -0.2) is 14.4 Å². The number of aliphatic hydroxyl groups is 1. The number of nitrogens with zero attached hydrogens (tertiary/aromatic N) is 2. The van der Waals surface area contributed by atoms with Gasteiger partial charge in [0.2, 0.25) is 5.95 Å². The molecule has 25 heavy (non-hydrogen) atoms. The number of aliphatic hydroxyl groups excluding tert-OH is 1. The van der Waals surface area contributed by atoms with E-state index in [0.29, 0.717) is 29.6 Å². The Morgan fingerprint density at radius 2 is 2.00 bits per heavy atom. The van der Waals surface area contributed by atoms with Gasteiger partial charge in [0.15, 0.2) is 0 Å². The van der Waals surface area contributed by atoms with Crippen molar-refractivity contribution in [3.05, 3.63) is 52.8 Å². The normalized spacial score (nSPS) is 17.7. The zero-order valence-electron chi connectivity index (χ0n) is 14.3. The third-order valence-electron chi connectivity index (χ3n) is 5.24. The van der Waals surface area contributed by atoms with Crippen LogP contribution in [0.3, 0.4) is 0 Å². The van der Waals surface area contributed by atoms with Crippen LogP contribution in [0.15, 0.2) is 30.2 Å². The van der Waals surface area contributed by atoms with Crippen LogP contribution in [0.1, 0.15) is 48.9 Å². The van der Waals surface area contributed by atoms with Crippen LogP contribution in [0.25, 0.3) is 5.57 Å². The average molecular weight is 339 g/mol. The lowest BCUT2D eigenvalue weighted by Gasteiger charge is -2.23. The smallest absolute Gasteiger partial charge is 0.227 e. The zero-order chi connectivity index (χ0) is 17.4. The molecule has 1 aromatic carbocycles. The Balaban J connectivity index is 1.67. The van der Waals surface area contributed by atoms with Gasteiger partial charge in [-0.2, -0.15) is 0 Å². The van der Waals surface area contributed by atoms with E-state index in [0.717, 1.165) is 41.8 Å². The number of anilines is 2. The number of benzene rings is 1. The highest BCUT2D eigenvalue weighted by Crippen LogP contribution is 2.41. The van der Waals surface area contributed by atoms with Gasteiger partial charge in [-0.15, -0.1) is 0 Å². The van der Waals surface area contributed by atoms with Gasteiger partial charge in [-0.1, -0.05) is 12.8 Å². The lowest BCUT2D eigenvalue weighted by molar-refractivity contribution is 0.381. The zero-order valence-corrected chi connectivity index (χ0v) is 14.3. The van der Waals surface area contributed by atoms with Crippen LogP contribution in [0.4, 0.5) is 16.0 Å². The van der Waals surface area contributed by atoms with Crippen molar-refractivity contribution in [2.45, 2.75) is 45.4 Å². The fraction of sp³-hybridized carbons (Fsp3) is 0.400. The highest BCUT2D eigenvalue weighted by molar-refractivity contribution is 5.72. The summed E-state index contributed by atoms with van der Waals surface area (Å²) in [4.78, 5) is 9.11. The lowest BCUT2D eigenvalue weighted by atomic mass is 9.85. The van der Waals surface area contributed by atoms with Crippen molar-refractivity contribution in [2.75, 3.05) is 5.32 Å². The standard InChI is InChI=1S/C20H22FN3O/c1-12-10-15(7-8-16(12)21)23-20-22-11-14-6-9-17(25)18(19(14)24-20)13-4-2-3-5-13/h7-8,10-11,13,25H,2-6,9H2,1H3,(H,22,23,24). The van der Waals surface area contributed by atoms with Crippen LogP contribution in [0.2, 0.25) is 0 Å². The minimum absolute atomic E-state index is 0.228. The largest absolute Gasteiger partial charge is 0.512 e. The quantitative estimate of drug-likeness (QED) is 0.819. The van der Waals surface area contributed by atoms with Crippen molar-refractivity contribution in [2.24, 2.45) is 5.92 Å². The maximum atomic E-state index is 13.4. The van der Waals surface area contributed by atoms with Crippen molar-refractivity contribution in [3.63, 3.8) is 0 Å². The molecule has 2 aliphatic carbocycles. The molecule has 2 aliphatic rings. The Morgan fingerprint density at radius 3 is 2.76 bits per heavy atom. The maximum absolute atomic E-state index is 13.4. The van der Waals surface area contributed by atoms with Gasteiger partial charge >= 0.3 is 0 Å². The number of halogens is 1. The highest BCUT2D eigenvalue weighted by atomic mass is 19.1. The number of hydrogen-bond acceptors (Lipinski definition) is 4. The molecule has 4 nitrogen and oxygen atoms in total. The second-order valence-electron chi connectivity index (χ2n) is 7.00. The van der Waals surface area contributed by atoms with Gasteiger partial charge in [0.1, 0.15) is 5.82 Å². The monoisotopic (exact) mass is 339 g/mol. The number of aromatic nitrogens is 2. The van der Waals surface area contributed by atoms with E-state index >= 15 is 0 Å². The van der Waals surface area contributed by atoms with Crippen LogP contribution in [0.5, 0.6) is 0 Å². The molecule has 0 amide bonds. The van der Waals surface area contributed by atoms with E-state index in [2.05, 4.69) is 10.3 Å². The topological polar surface area (TPSA) is 58.0 Å². The molecule has 1 aromatic heterocycles. The first-order valence-electron chi connectivity index (χ1n) is 8.93. The number of fused-ring (bicyclic) bond motifs is 1. The number of aryl methyl sites for hydroxylation is 2. The van der Waals surface area contributed by atoms with Crippen molar-refractivity contribution in [3.8, 4) is 0 Å². The average Bonchev–Trinajstić information content (AvgIpc) is 3.12. The Kier molecular flexibility index (Phi) is 4.15. The first-order chi connectivity index (χ1) is 12.1. The van der Waals surface area contributed by atoms with E-state index in [1.807, 2.05) is 6.20 Å². The molecule has 0 radical (unpaired) electrons. The van der Waals surface area contributed by atoms with Crippen LogP contribution in [-0.2, 0) is 6.42 Å². The molecule has 1 fully saturated rings. The fourth-order valence-electron chi connectivity index (χ4n) is 3.90. The molecule has 5 heteroatoms. The predicted octanol–water partition coefficient (Wildman–Crippen LogP) is 5.07. The van der Waals surface area contributed by atoms with Gasteiger partial charge in [-0.05, 0) is 61.4 Å². The van der Waals surface area contributed by atoms with Crippen molar-refractivity contribution in [1.82, 2.24) is 9.97 Å². The van der Waals surface area contributed by atoms with Crippen molar-refractivity contribution >= 4 is 17.2 Å². The van der Waals surface area contributed by atoms with Crippen LogP contribution < -0.4 is 5.32 Å². The van der Waals surface area contributed by atoms with Crippen LogP contribution >= 0.6 is 0 Å². The van der Waals surface area contributed by atoms with Gasteiger partial charge in [-0.3, -0.25) is 0 Å². The summed E-state index contributed by atoms with van der Waals surface area (Å²) in [6, 6.07) is 4.85. The number of nitrogens with one attached hydrogen (secondary N) is 1. The van der Waals surface area contributed by atoms with E-state index in [9.17, 15) is 9.50 Å². The van der Waals surface area contributed by atoms with Gasteiger partial charge in [0.25, 0.3) is 0 Å². The van der Waals surface area contributed by atoms with Crippen molar-refractivity contribution in [1.29, 1.82) is 0 Å². The fourth-order valence-corrected chi connectivity index (χ4v) is 3.90. The molecule has 0 unspecified atom stereocenters. The van der Waals surface area contributed by atoms with E-state index in [4.69, 9.17) is 4.98 Å². The molecular formula is C20H22FN3O. The summed E-state index contributed by atoms with van der Waals surface area (Å²) in [5.74, 6) is 1.14. The first kappa shape index (κ1) is 16.1. The van der Waals surface area contributed by atoms with E-state index in [-0.39, 0.29) is 5.82 Å². The minimum Gasteiger partial charge on any atom is -0.512 e. The molecule has 4 rings (SSSR count). The summed E-state index contributed by atoms with van der Waals surface area (Å²) in [6.45, 7) is 1.73. The summed E-state index contributed by atoms with van der Waals surface area (Å²) in [5, 5.41) is 13.6. The van der Waals surface area contributed by atoms with Gasteiger partial charge in [0, 0.05) is 23.9 Å². The molecule has 2 N–H and O–H groups in total. The Hall–Kier alpha value is -2.43. The van der Waals surface area contributed by atoms with E-state index < -0.39 is 0 Å². The molecule has 0 bridgehead atoms. The molecule has 0 saturated heterocycles. The molecule has 130 valence electrons. The first-order valence-corrected chi connectivity index (χ1v) is 8.93. The summed E-state index contributed by atoms with van der Waals surface area (Å²) < 4.78 is 13.4. The van der Waals surface area contributed by atoms with Crippen molar-refractivity contribution < 1.29 is 9.50 Å². The maximum Gasteiger partial charge on any atom is 0.227 e. The highest BCUT2D eigenvalue weighted by Gasteiger charge is 2.29. The summed E-state index contributed by atoms with van der Waals surface area (Å²) in [5.41, 5.74) is 4.32. The van der Waals surface area contributed by atoms with E-state index in [1.165, 1.54) is 18.9 Å². The molecule has 0 atom stereocenters. The number of allylic oxidation sites excluding steroid dienone is 2. The number of rotatable bonds is 3. The summed E-state index contributed by atoms with van der Waals surface area (Å²) in [7, 11) is 0. The number of hydrogen-bond donors (Lipinski definition) is 2. The summed E-state index contributed by atoms with van der Waals surface area (Å²) >= 11 is 0. The second-order valence-corrected chi connectivity index (χ2v) is 7.00. The molecule has 2 aromatic rings.